The minimum absolute atomic E-state index is 0.0925. The molecule has 12 N–H and O–H groups in total. The lowest BCUT2D eigenvalue weighted by Crippen LogP contribution is -2.71. The third-order valence-corrected chi connectivity index (χ3v) is 11.0. The number of carbonyl (C=O) groups excluding carboxylic acids is 3. The molecule has 0 bridgehead atoms. The first-order valence-electron chi connectivity index (χ1n) is 19.8. The quantitative estimate of drug-likeness (QED) is 0.0345. The van der Waals surface area contributed by atoms with Gasteiger partial charge >= 0.3 is 11.9 Å². The van der Waals surface area contributed by atoms with E-state index in [1.54, 1.807) is 6.92 Å². The fraction of sp³-hybridized carbons (Fsp3) is 0.889. The first kappa shape index (κ1) is 52.0. The summed E-state index contributed by atoms with van der Waals surface area (Å²) in [6.45, 7) is 0.0390. The van der Waals surface area contributed by atoms with Crippen molar-refractivity contribution in [2.75, 3.05) is 39.3 Å². The topological polar surface area (TPSA) is 359 Å². The van der Waals surface area contributed by atoms with Crippen LogP contribution >= 0.6 is 11.8 Å². The summed E-state index contributed by atoms with van der Waals surface area (Å²) in [5.41, 5.74) is 0. The van der Waals surface area contributed by atoms with E-state index in [-0.39, 0.29) is 12.6 Å². The zero-order valence-corrected chi connectivity index (χ0v) is 34.5. The van der Waals surface area contributed by atoms with E-state index < -0.39 is 141 Å². The Balaban J connectivity index is 1.88. The first-order chi connectivity index (χ1) is 28.5. The monoisotopic (exact) mass is 890 g/mol. The van der Waals surface area contributed by atoms with Crippen LogP contribution in [0.2, 0.25) is 0 Å². The zero-order valence-electron chi connectivity index (χ0n) is 33.7. The van der Waals surface area contributed by atoms with E-state index in [0.29, 0.717) is 25.0 Å². The first-order valence-corrected chi connectivity index (χ1v) is 20.8. The third-order valence-electron chi connectivity index (χ3n) is 10.3. The van der Waals surface area contributed by atoms with Crippen LogP contribution < -0.4 is 10.6 Å². The van der Waals surface area contributed by atoms with Gasteiger partial charge in [-0.05, 0) is 18.6 Å². The molecule has 3 aliphatic heterocycles. The molecule has 3 aliphatic rings. The highest BCUT2D eigenvalue weighted by molar-refractivity contribution is 8.13. The predicted octanol–water partition coefficient (Wildman–Crippen LogP) is -3.82. The molecule has 0 saturated carbocycles. The number of aliphatic carboxylic acids is 1. The Kier molecular flexibility index (Phi) is 21.7. The molecule has 3 rings (SSSR count). The summed E-state index contributed by atoms with van der Waals surface area (Å²) in [7, 11) is 1.33. The van der Waals surface area contributed by atoms with E-state index in [0.717, 1.165) is 44.4 Å². The van der Waals surface area contributed by atoms with Gasteiger partial charge in [-0.3, -0.25) is 14.4 Å². The molecule has 0 radical (unpaired) electrons. The van der Waals surface area contributed by atoms with Crippen LogP contribution in [-0.2, 0) is 47.5 Å². The fourth-order valence-corrected chi connectivity index (χ4v) is 7.62. The Morgan fingerprint density at radius 1 is 0.833 bits per heavy atom. The van der Waals surface area contributed by atoms with Gasteiger partial charge in [0.05, 0.1) is 39.1 Å². The van der Waals surface area contributed by atoms with Crippen LogP contribution in [-0.4, -0.2) is 211 Å². The number of rotatable bonds is 23. The van der Waals surface area contributed by atoms with Gasteiger partial charge in [0.2, 0.25) is 5.91 Å². The number of hydrogen-bond acceptors (Lipinski definition) is 21. The number of ether oxygens (including phenoxy) is 7. The molecule has 0 spiro atoms. The van der Waals surface area contributed by atoms with Crippen molar-refractivity contribution in [1.82, 2.24) is 10.6 Å². The number of carboxylic acid groups (broad SMARTS) is 1. The van der Waals surface area contributed by atoms with Gasteiger partial charge in [0.1, 0.15) is 67.1 Å². The van der Waals surface area contributed by atoms with Crippen LogP contribution in [0.15, 0.2) is 0 Å². The number of nitrogens with one attached hydrogen (secondary N) is 2. The number of aliphatic hydroxyl groups is 9. The number of hydrogen-bond donors (Lipinski definition) is 12. The number of thioether (sulfide) groups is 1. The molecule has 23 nitrogen and oxygen atoms in total. The van der Waals surface area contributed by atoms with Crippen LogP contribution in [0.1, 0.15) is 65.2 Å². The summed E-state index contributed by atoms with van der Waals surface area (Å²) in [6, 6.07) is -2.91. The van der Waals surface area contributed by atoms with Gasteiger partial charge in [0, 0.05) is 26.4 Å². The lowest BCUT2D eigenvalue weighted by atomic mass is 9.88. The van der Waals surface area contributed by atoms with Crippen molar-refractivity contribution in [3.8, 4) is 0 Å². The molecule has 24 heteroatoms. The number of aliphatic hydroxyl groups excluding tert-OH is 9. The summed E-state index contributed by atoms with van der Waals surface area (Å²) in [5.74, 6) is -5.72. The van der Waals surface area contributed by atoms with Gasteiger partial charge in [0.15, 0.2) is 12.6 Å². The van der Waals surface area contributed by atoms with Crippen molar-refractivity contribution >= 4 is 34.8 Å². The van der Waals surface area contributed by atoms with Gasteiger partial charge in [-0.1, -0.05) is 44.4 Å². The summed E-state index contributed by atoms with van der Waals surface area (Å²) in [6.07, 6.45) is -20.4. The largest absolute Gasteiger partial charge is 0.477 e. The SMILES string of the molecule is CCSC(=O)NC1C(OC2OC(CO)[C@@H](O)C(O[C@]3(C(=O)O)CC(O)[C@@H](NC(C)=O)C(C(O)C(O)CO)O3)C2O)[C@@H](O)C(CO)O[C@H]1OCCCCCCCCC(=O)OC. The molecule has 3 fully saturated rings. The zero-order chi connectivity index (χ0) is 44.7. The Bertz CT molecular complexity index is 1350. The van der Waals surface area contributed by atoms with Crippen LogP contribution in [0.5, 0.6) is 0 Å². The number of amides is 2. The van der Waals surface area contributed by atoms with Crippen LogP contribution in [0.3, 0.4) is 0 Å². The van der Waals surface area contributed by atoms with Crippen molar-refractivity contribution < 1.29 is 103 Å². The minimum Gasteiger partial charge on any atom is -0.477 e. The maximum atomic E-state index is 12.9. The summed E-state index contributed by atoms with van der Waals surface area (Å²) in [5, 5.41) is 111. The number of carbonyl (C=O) groups is 4. The fourth-order valence-electron chi connectivity index (χ4n) is 7.14. The molecule has 60 heavy (non-hydrogen) atoms. The molecule has 0 aromatic heterocycles. The Labute approximate surface area is 350 Å². The summed E-state index contributed by atoms with van der Waals surface area (Å²) >= 11 is 0.859. The van der Waals surface area contributed by atoms with Crippen LogP contribution in [0.25, 0.3) is 0 Å². The average Bonchev–Trinajstić information content (AvgIpc) is 3.21. The molecular formula is C36H62N2O21S. The molecule has 0 aliphatic carbocycles. The van der Waals surface area contributed by atoms with E-state index in [2.05, 4.69) is 15.4 Å². The van der Waals surface area contributed by atoms with Gasteiger partial charge in [-0.15, -0.1) is 0 Å². The summed E-state index contributed by atoms with van der Waals surface area (Å²) in [4.78, 5) is 49.1. The lowest BCUT2D eigenvalue weighted by Gasteiger charge is -2.51. The van der Waals surface area contributed by atoms with Crippen LogP contribution in [0, 0.1) is 0 Å². The van der Waals surface area contributed by atoms with E-state index in [1.165, 1.54) is 7.11 Å². The number of esters is 1. The molecule has 0 aromatic rings. The van der Waals surface area contributed by atoms with Crippen molar-refractivity contribution in [3.05, 3.63) is 0 Å². The number of carboxylic acids is 1. The standard InChI is InChI=1S/C36H62N2O21S/c1-4-60-35(52)38-24-29(26(47)20(15-40)55-32(24)54-12-10-8-6-5-7-9-11-22(45)53-3)57-33-28(49)31(27(48)21(16-41)56-33)59-36(34(50)51)13-18(43)23(37-17(2)42)30(58-36)25(46)19(44)14-39/h18-21,23-33,39-41,43-44,46-49H,4-16H2,1-3H3,(H,37,42)(H,38,52)(H,50,51)/t18?,19?,20?,21?,23-,24?,25?,26+,27-,28?,29?,30?,31?,32-,33?,36+/m1/s1. The van der Waals surface area contributed by atoms with Gasteiger partial charge in [-0.2, -0.15) is 0 Å². The Morgan fingerprint density at radius 3 is 2.00 bits per heavy atom. The number of unbranched alkanes of at least 4 members (excludes halogenated alkanes) is 5. The van der Waals surface area contributed by atoms with Gasteiger partial charge in [-0.25, -0.2) is 4.79 Å². The van der Waals surface area contributed by atoms with E-state index in [4.69, 9.17) is 28.4 Å². The van der Waals surface area contributed by atoms with Crippen molar-refractivity contribution in [2.24, 2.45) is 0 Å². The highest BCUT2D eigenvalue weighted by Gasteiger charge is 2.60. The Morgan fingerprint density at radius 2 is 1.43 bits per heavy atom. The second-order valence-electron chi connectivity index (χ2n) is 14.7. The summed E-state index contributed by atoms with van der Waals surface area (Å²) < 4.78 is 39.6. The molecule has 348 valence electrons. The van der Waals surface area contributed by atoms with E-state index in [9.17, 15) is 70.2 Å². The molecule has 16 atom stereocenters. The molecule has 0 aromatic carbocycles. The van der Waals surface area contributed by atoms with E-state index in [1.807, 2.05) is 0 Å². The minimum atomic E-state index is -3.06. The van der Waals surface area contributed by atoms with Crippen molar-refractivity contribution in [1.29, 1.82) is 0 Å². The average molecular weight is 891 g/mol. The third kappa shape index (κ3) is 13.8. The molecule has 3 heterocycles. The van der Waals surface area contributed by atoms with E-state index >= 15 is 0 Å². The van der Waals surface area contributed by atoms with Gasteiger partial charge in [0.25, 0.3) is 11.0 Å². The van der Waals surface area contributed by atoms with Gasteiger partial charge < -0.3 is 94.9 Å². The number of methoxy groups -OCH3 is 1. The highest BCUT2D eigenvalue weighted by Crippen LogP contribution is 2.38. The van der Waals surface area contributed by atoms with Crippen LogP contribution in [0.4, 0.5) is 4.79 Å². The maximum absolute atomic E-state index is 12.9. The van der Waals surface area contributed by atoms with Crippen molar-refractivity contribution in [3.63, 3.8) is 0 Å². The smallest absolute Gasteiger partial charge is 0.364 e. The molecule has 11 unspecified atom stereocenters. The predicted molar refractivity (Wildman–Crippen MR) is 203 cm³/mol. The molecule has 2 amide bonds. The second kappa shape index (κ2) is 25.1. The Hall–Kier alpha value is -2.37. The molecular weight excluding hydrogens is 828 g/mol. The lowest BCUT2D eigenvalue weighted by molar-refractivity contribution is -0.381. The highest BCUT2D eigenvalue weighted by atomic mass is 32.2. The van der Waals surface area contributed by atoms with Crippen molar-refractivity contribution in [2.45, 2.75) is 163 Å². The normalized spacial score (nSPS) is 35.6. The molecule has 3 saturated heterocycles. The maximum Gasteiger partial charge on any atom is 0.364 e. The second-order valence-corrected chi connectivity index (χ2v) is 15.9.